The number of H-pyrrole nitrogens is 1. The van der Waals surface area contributed by atoms with Crippen molar-refractivity contribution < 1.29 is 14.3 Å². The summed E-state index contributed by atoms with van der Waals surface area (Å²) in [4.78, 5) is 27.4. The topological polar surface area (TPSA) is 71.2 Å². The maximum atomic E-state index is 12.3. The van der Waals surface area contributed by atoms with Crippen LogP contribution < -0.4 is 5.32 Å². The molecule has 1 unspecified atom stereocenters. The highest BCUT2D eigenvalue weighted by Crippen LogP contribution is 2.20. The summed E-state index contributed by atoms with van der Waals surface area (Å²) < 4.78 is 5.22. The summed E-state index contributed by atoms with van der Waals surface area (Å²) in [7, 11) is 0. The first kappa shape index (κ1) is 17.3. The molecule has 0 aliphatic carbocycles. The average molecular weight is 294 g/mol. The number of carbonyl (C=O) groups is 2. The lowest BCUT2D eigenvalue weighted by Gasteiger charge is -2.17. The molecule has 0 saturated heterocycles. The number of rotatable bonds is 5. The van der Waals surface area contributed by atoms with E-state index >= 15 is 0 Å². The van der Waals surface area contributed by atoms with Crippen molar-refractivity contribution in [3.05, 3.63) is 22.5 Å². The van der Waals surface area contributed by atoms with Crippen molar-refractivity contribution in [3.63, 3.8) is 0 Å². The molecule has 1 rings (SSSR count). The quantitative estimate of drug-likeness (QED) is 0.820. The SMILES string of the molecule is Cc1[nH]c(C(=O)NC(C)C(C)C)c(C)c1C(=O)OC(C)C. The molecule has 1 atom stereocenters. The number of ether oxygens (including phenoxy) is 1. The predicted octanol–water partition coefficient (Wildman–Crippen LogP) is 2.97. The highest BCUT2D eigenvalue weighted by molar-refractivity contribution is 6.00. The van der Waals surface area contributed by atoms with Gasteiger partial charge in [0.1, 0.15) is 5.69 Å². The molecule has 0 saturated carbocycles. The number of carbonyl (C=O) groups excluding carboxylic acids is 2. The van der Waals surface area contributed by atoms with Crippen LogP contribution in [0.5, 0.6) is 0 Å². The van der Waals surface area contributed by atoms with Gasteiger partial charge >= 0.3 is 5.97 Å². The van der Waals surface area contributed by atoms with Crippen LogP contribution in [0, 0.1) is 19.8 Å². The molecule has 0 spiro atoms. The van der Waals surface area contributed by atoms with E-state index in [9.17, 15) is 9.59 Å². The van der Waals surface area contributed by atoms with Crippen molar-refractivity contribution in [1.82, 2.24) is 10.3 Å². The summed E-state index contributed by atoms with van der Waals surface area (Å²) in [5, 5.41) is 2.93. The first-order valence-electron chi connectivity index (χ1n) is 7.36. The lowest BCUT2D eigenvalue weighted by molar-refractivity contribution is 0.0376. The zero-order valence-electron chi connectivity index (χ0n) is 14.0. The highest BCUT2D eigenvalue weighted by atomic mass is 16.5. The third kappa shape index (κ3) is 4.09. The smallest absolute Gasteiger partial charge is 0.340 e. The van der Waals surface area contributed by atoms with E-state index in [-0.39, 0.29) is 18.1 Å². The summed E-state index contributed by atoms with van der Waals surface area (Å²) in [6.45, 7) is 13.2. The Balaban J connectivity index is 3.02. The molecule has 2 N–H and O–H groups in total. The molecular weight excluding hydrogens is 268 g/mol. The van der Waals surface area contributed by atoms with Gasteiger partial charge in [0.25, 0.3) is 5.91 Å². The van der Waals surface area contributed by atoms with Gasteiger partial charge in [-0.15, -0.1) is 0 Å². The van der Waals surface area contributed by atoms with Gasteiger partial charge in [0.05, 0.1) is 11.7 Å². The van der Waals surface area contributed by atoms with E-state index in [4.69, 9.17) is 4.74 Å². The monoisotopic (exact) mass is 294 g/mol. The third-order valence-corrected chi connectivity index (χ3v) is 3.57. The Hall–Kier alpha value is -1.78. The van der Waals surface area contributed by atoms with Crippen molar-refractivity contribution in [2.75, 3.05) is 0 Å². The Morgan fingerprint density at radius 2 is 1.67 bits per heavy atom. The van der Waals surface area contributed by atoms with Crippen molar-refractivity contribution >= 4 is 11.9 Å². The van der Waals surface area contributed by atoms with Gasteiger partial charge < -0.3 is 15.0 Å². The number of aryl methyl sites for hydroxylation is 1. The van der Waals surface area contributed by atoms with Crippen LogP contribution in [0.1, 0.15) is 66.7 Å². The molecule has 0 fully saturated rings. The lowest BCUT2D eigenvalue weighted by atomic mass is 10.1. The summed E-state index contributed by atoms with van der Waals surface area (Å²) >= 11 is 0. The van der Waals surface area contributed by atoms with Crippen molar-refractivity contribution in [2.24, 2.45) is 5.92 Å². The first-order valence-corrected chi connectivity index (χ1v) is 7.36. The van der Waals surface area contributed by atoms with E-state index < -0.39 is 5.97 Å². The second-order valence-corrected chi connectivity index (χ2v) is 6.09. The minimum atomic E-state index is -0.396. The average Bonchev–Trinajstić information content (AvgIpc) is 2.63. The van der Waals surface area contributed by atoms with Crippen LogP contribution in [-0.2, 0) is 4.74 Å². The molecule has 0 radical (unpaired) electrons. The fourth-order valence-electron chi connectivity index (χ4n) is 2.00. The van der Waals surface area contributed by atoms with Gasteiger partial charge in [-0.1, -0.05) is 13.8 Å². The van der Waals surface area contributed by atoms with Gasteiger partial charge in [-0.3, -0.25) is 4.79 Å². The van der Waals surface area contributed by atoms with Crippen LogP contribution in [0.15, 0.2) is 0 Å². The molecule has 1 heterocycles. The Morgan fingerprint density at radius 3 is 2.14 bits per heavy atom. The summed E-state index contributed by atoms with van der Waals surface area (Å²) in [6, 6.07) is 0.0616. The molecule has 1 aromatic rings. The number of hydrogen-bond acceptors (Lipinski definition) is 3. The van der Waals surface area contributed by atoms with Crippen LogP contribution in [0.2, 0.25) is 0 Å². The van der Waals surface area contributed by atoms with E-state index in [2.05, 4.69) is 10.3 Å². The van der Waals surface area contributed by atoms with E-state index in [0.717, 1.165) is 0 Å². The molecule has 0 aliphatic rings. The second kappa shape index (κ2) is 6.78. The zero-order chi connectivity index (χ0) is 16.3. The number of amides is 1. The van der Waals surface area contributed by atoms with Gasteiger partial charge in [-0.05, 0) is 46.1 Å². The lowest BCUT2D eigenvalue weighted by Crippen LogP contribution is -2.36. The molecule has 21 heavy (non-hydrogen) atoms. The van der Waals surface area contributed by atoms with Crippen LogP contribution in [-0.4, -0.2) is 29.0 Å². The molecular formula is C16H26N2O3. The molecule has 1 amide bonds. The molecule has 1 aromatic heterocycles. The number of aromatic amines is 1. The summed E-state index contributed by atoms with van der Waals surface area (Å²) in [5.41, 5.74) is 2.16. The van der Waals surface area contributed by atoms with E-state index in [1.165, 1.54) is 0 Å². The number of aromatic nitrogens is 1. The minimum absolute atomic E-state index is 0.0616. The second-order valence-electron chi connectivity index (χ2n) is 6.09. The van der Waals surface area contributed by atoms with Crippen LogP contribution in [0.25, 0.3) is 0 Å². The van der Waals surface area contributed by atoms with Gasteiger partial charge in [-0.25, -0.2) is 4.79 Å². The van der Waals surface area contributed by atoms with Crippen LogP contribution in [0.4, 0.5) is 0 Å². The van der Waals surface area contributed by atoms with E-state index in [0.29, 0.717) is 28.4 Å². The Morgan fingerprint density at radius 1 is 1.10 bits per heavy atom. The van der Waals surface area contributed by atoms with E-state index in [1.807, 2.05) is 20.8 Å². The standard InChI is InChI=1S/C16H26N2O3/c1-8(2)11(6)18-15(19)14-10(5)13(12(7)17-14)16(20)21-9(3)4/h8-9,11,17H,1-7H3,(H,18,19). The summed E-state index contributed by atoms with van der Waals surface area (Å²) in [6.07, 6.45) is -0.190. The molecule has 0 aromatic carbocycles. The molecule has 0 bridgehead atoms. The Labute approximate surface area is 126 Å². The zero-order valence-corrected chi connectivity index (χ0v) is 14.0. The predicted molar refractivity (Wildman–Crippen MR) is 82.6 cm³/mol. The normalized spacial score (nSPS) is 12.6. The minimum Gasteiger partial charge on any atom is -0.459 e. The Kier molecular flexibility index (Phi) is 5.58. The van der Waals surface area contributed by atoms with Crippen molar-refractivity contribution in [1.29, 1.82) is 0 Å². The maximum absolute atomic E-state index is 12.3. The maximum Gasteiger partial charge on any atom is 0.340 e. The van der Waals surface area contributed by atoms with Crippen molar-refractivity contribution in [2.45, 2.75) is 60.6 Å². The molecule has 118 valence electrons. The fraction of sp³-hybridized carbons (Fsp3) is 0.625. The van der Waals surface area contributed by atoms with Gasteiger partial charge in [0.15, 0.2) is 0 Å². The highest BCUT2D eigenvalue weighted by Gasteiger charge is 2.24. The van der Waals surface area contributed by atoms with Gasteiger partial charge in [-0.2, -0.15) is 0 Å². The first-order chi connectivity index (χ1) is 9.65. The third-order valence-electron chi connectivity index (χ3n) is 3.57. The van der Waals surface area contributed by atoms with Gasteiger partial charge in [0, 0.05) is 11.7 Å². The van der Waals surface area contributed by atoms with Crippen LogP contribution >= 0.6 is 0 Å². The fourth-order valence-corrected chi connectivity index (χ4v) is 2.00. The summed E-state index contributed by atoms with van der Waals surface area (Å²) in [5.74, 6) is -0.247. The van der Waals surface area contributed by atoms with E-state index in [1.54, 1.807) is 27.7 Å². The van der Waals surface area contributed by atoms with Crippen LogP contribution in [0.3, 0.4) is 0 Å². The number of hydrogen-bond donors (Lipinski definition) is 2. The van der Waals surface area contributed by atoms with Crippen molar-refractivity contribution in [3.8, 4) is 0 Å². The molecule has 5 heteroatoms. The largest absolute Gasteiger partial charge is 0.459 e. The number of esters is 1. The Bertz CT molecular complexity index is 530. The molecule has 0 aliphatic heterocycles. The molecule has 5 nitrogen and oxygen atoms in total. The number of nitrogens with one attached hydrogen (secondary N) is 2. The van der Waals surface area contributed by atoms with Gasteiger partial charge in [0.2, 0.25) is 0 Å².